The summed E-state index contributed by atoms with van der Waals surface area (Å²) in [6, 6.07) is 0.555. The Morgan fingerprint density at radius 3 is 2.59 bits per heavy atom. The number of hydrogen-bond acceptors (Lipinski definition) is 3. The van der Waals surface area contributed by atoms with E-state index in [0.29, 0.717) is 12.6 Å². The van der Waals surface area contributed by atoms with E-state index in [1.165, 1.54) is 25.7 Å². The summed E-state index contributed by atoms with van der Waals surface area (Å²) < 4.78 is 0. The molecule has 96 valence electrons. The van der Waals surface area contributed by atoms with Gasteiger partial charge in [0.05, 0.1) is 6.54 Å². The fourth-order valence-corrected chi connectivity index (χ4v) is 2.82. The minimum absolute atomic E-state index is 0.168. The maximum atomic E-state index is 11.6. The van der Waals surface area contributed by atoms with Crippen molar-refractivity contribution in [3.05, 3.63) is 0 Å². The van der Waals surface area contributed by atoms with Crippen molar-refractivity contribution < 1.29 is 14.7 Å². The molecule has 1 atom stereocenters. The number of amides is 1. The van der Waals surface area contributed by atoms with Gasteiger partial charge in [-0.15, -0.1) is 0 Å². The normalized spacial score (nSPS) is 25.5. The van der Waals surface area contributed by atoms with Gasteiger partial charge in [0.15, 0.2) is 0 Å². The van der Waals surface area contributed by atoms with Gasteiger partial charge in [-0.3, -0.25) is 14.5 Å². The van der Waals surface area contributed by atoms with Gasteiger partial charge in [-0.25, -0.2) is 0 Å². The quantitative estimate of drug-likeness (QED) is 0.732. The van der Waals surface area contributed by atoms with Crippen LogP contribution >= 0.6 is 0 Å². The number of nitrogens with one attached hydrogen (secondary N) is 1. The summed E-state index contributed by atoms with van der Waals surface area (Å²) in [5, 5.41) is 10.9. The third kappa shape index (κ3) is 3.19. The van der Waals surface area contributed by atoms with E-state index in [-0.39, 0.29) is 12.5 Å². The zero-order chi connectivity index (χ0) is 12.3. The van der Waals surface area contributed by atoms with Gasteiger partial charge in [0, 0.05) is 6.04 Å². The smallest absolute Gasteiger partial charge is 0.322 e. The Morgan fingerprint density at radius 1 is 1.24 bits per heavy atom. The van der Waals surface area contributed by atoms with Gasteiger partial charge in [0.1, 0.15) is 6.54 Å². The van der Waals surface area contributed by atoms with Crippen LogP contribution in [-0.4, -0.2) is 47.6 Å². The maximum Gasteiger partial charge on any atom is 0.322 e. The van der Waals surface area contributed by atoms with Crippen LogP contribution in [0.1, 0.15) is 32.1 Å². The lowest BCUT2D eigenvalue weighted by Gasteiger charge is -2.36. The molecule has 0 aromatic carbocycles. The van der Waals surface area contributed by atoms with Gasteiger partial charge < -0.3 is 10.4 Å². The molecule has 0 aromatic heterocycles. The third-order valence-electron chi connectivity index (χ3n) is 3.89. The minimum Gasteiger partial charge on any atom is -0.480 e. The summed E-state index contributed by atoms with van der Waals surface area (Å²) in [5.74, 6) is -0.390. The lowest BCUT2D eigenvalue weighted by Crippen LogP contribution is -2.45. The fraction of sp³-hybridized carbons (Fsp3) is 0.833. The van der Waals surface area contributed by atoms with Gasteiger partial charge in [0.25, 0.3) is 0 Å². The summed E-state index contributed by atoms with van der Waals surface area (Å²) >= 11 is 0. The van der Waals surface area contributed by atoms with Crippen LogP contribution in [0.2, 0.25) is 0 Å². The molecular weight excluding hydrogens is 220 g/mol. The van der Waals surface area contributed by atoms with Crippen LogP contribution in [0.4, 0.5) is 0 Å². The van der Waals surface area contributed by atoms with E-state index in [1.807, 2.05) is 0 Å². The summed E-state index contributed by atoms with van der Waals surface area (Å²) in [5.41, 5.74) is 0. The first kappa shape index (κ1) is 12.4. The molecule has 0 radical (unpaired) electrons. The molecule has 1 heterocycles. The Balaban J connectivity index is 1.76. The summed E-state index contributed by atoms with van der Waals surface area (Å²) in [4.78, 5) is 24.1. The van der Waals surface area contributed by atoms with Crippen molar-refractivity contribution in [1.82, 2.24) is 10.2 Å². The Bertz CT molecular complexity index is 302. The molecule has 2 rings (SSSR count). The van der Waals surface area contributed by atoms with Crippen LogP contribution in [0.5, 0.6) is 0 Å². The Morgan fingerprint density at radius 2 is 2.00 bits per heavy atom. The lowest BCUT2D eigenvalue weighted by molar-refractivity contribution is -0.138. The van der Waals surface area contributed by atoms with Crippen molar-refractivity contribution >= 4 is 11.9 Å². The van der Waals surface area contributed by atoms with Gasteiger partial charge in [0.2, 0.25) is 5.91 Å². The van der Waals surface area contributed by atoms with Crippen LogP contribution in [0.15, 0.2) is 0 Å². The SMILES string of the molecule is O=C(O)CNC(=O)CN1CCCC1C1CCC1. The average molecular weight is 240 g/mol. The molecule has 5 nitrogen and oxygen atoms in total. The monoisotopic (exact) mass is 240 g/mol. The van der Waals surface area contributed by atoms with Crippen LogP contribution in [0.3, 0.4) is 0 Å². The fourth-order valence-electron chi connectivity index (χ4n) is 2.82. The summed E-state index contributed by atoms with van der Waals surface area (Å²) in [7, 11) is 0. The van der Waals surface area contributed by atoms with Crippen molar-refractivity contribution in [2.24, 2.45) is 5.92 Å². The molecule has 1 amide bonds. The van der Waals surface area contributed by atoms with E-state index in [2.05, 4.69) is 10.2 Å². The third-order valence-corrected chi connectivity index (χ3v) is 3.89. The topological polar surface area (TPSA) is 69.6 Å². The number of nitrogens with zero attached hydrogens (tertiary/aromatic N) is 1. The van der Waals surface area contributed by atoms with Crippen molar-refractivity contribution in [3.8, 4) is 0 Å². The number of carbonyl (C=O) groups excluding carboxylic acids is 1. The van der Waals surface area contributed by atoms with Crippen molar-refractivity contribution in [2.75, 3.05) is 19.6 Å². The first-order valence-electron chi connectivity index (χ1n) is 6.39. The molecular formula is C12H20N2O3. The van der Waals surface area contributed by atoms with Crippen LogP contribution in [0, 0.1) is 5.92 Å². The number of carboxylic acid groups (broad SMARTS) is 1. The standard InChI is InChI=1S/C12H20N2O3/c15-11(13-7-12(16)17)8-14-6-2-5-10(14)9-3-1-4-9/h9-10H,1-8H2,(H,13,15)(H,16,17). The van der Waals surface area contributed by atoms with Crippen molar-refractivity contribution in [3.63, 3.8) is 0 Å². The molecule has 5 heteroatoms. The van der Waals surface area contributed by atoms with Gasteiger partial charge in [-0.05, 0) is 38.1 Å². The largest absolute Gasteiger partial charge is 0.480 e. The molecule has 1 aliphatic heterocycles. The van der Waals surface area contributed by atoms with Crippen LogP contribution in [0.25, 0.3) is 0 Å². The van der Waals surface area contributed by atoms with E-state index in [9.17, 15) is 9.59 Å². The highest BCUT2D eigenvalue weighted by Crippen LogP contribution is 2.36. The highest BCUT2D eigenvalue weighted by molar-refractivity contribution is 5.82. The molecule has 17 heavy (non-hydrogen) atoms. The second kappa shape index (κ2) is 5.49. The molecule has 1 saturated heterocycles. The number of hydrogen-bond donors (Lipinski definition) is 2. The summed E-state index contributed by atoms with van der Waals surface area (Å²) in [6.07, 6.45) is 6.25. The molecule has 1 aliphatic carbocycles. The predicted octanol–water partition coefficient (Wildman–Crippen LogP) is 0.452. The van der Waals surface area contributed by atoms with Gasteiger partial charge in [-0.1, -0.05) is 6.42 Å². The lowest BCUT2D eigenvalue weighted by atomic mass is 9.79. The van der Waals surface area contributed by atoms with E-state index in [4.69, 9.17) is 5.11 Å². The highest BCUT2D eigenvalue weighted by Gasteiger charge is 2.35. The van der Waals surface area contributed by atoms with Crippen LogP contribution < -0.4 is 5.32 Å². The minimum atomic E-state index is -0.990. The Labute approximate surface area is 101 Å². The molecule has 2 aliphatic rings. The van der Waals surface area contributed by atoms with Crippen molar-refractivity contribution in [2.45, 2.75) is 38.1 Å². The summed E-state index contributed by atoms with van der Waals surface area (Å²) in [6.45, 7) is 1.05. The van der Waals surface area contributed by atoms with Crippen molar-refractivity contribution in [1.29, 1.82) is 0 Å². The van der Waals surface area contributed by atoms with Gasteiger partial charge >= 0.3 is 5.97 Å². The number of aliphatic carboxylic acids is 1. The Kier molecular flexibility index (Phi) is 3.99. The second-order valence-corrected chi connectivity index (χ2v) is 5.04. The molecule has 0 spiro atoms. The molecule has 1 unspecified atom stereocenters. The first-order chi connectivity index (χ1) is 8.16. The Hall–Kier alpha value is -1.10. The highest BCUT2D eigenvalue weighted by atomic mass is 16.4. The van der Waals surface area contributed by atoms with E-state index in [1.54, 1.807) is 0 Å². The second-order valence-electron chi connectivity index (χ2n) is 5.04. The predicted molar refractivity (Wildman–Crippen MR) is 62.6 cm³/mol. The number of carbonyl (C=O) groups is 2. The molecule has 2 N–H and O–H groups in total. The molecule has 2 fully saturated rings. The maximum absolute atomic E-state index is 11.6. The molecule has 1 saturated carbocycles. The zero-order valence-electron chi connectivity index (χ0n) is 10.0. The number of likely N-dealkylation sites (tertiary alicyclic amines) is 1. The van der Waals surface area contributed by atoms with E-state index < -0.39 is 5.97 Å². The molecule has 0 bridgehead atoms. The first-order valence-corrected chi connectivity index (χ1v) is 6.39. The zero-order valence-corrected chi connectivity index (χ0v) is 10.0. The van der Waals surface area contributed by atoms with Crippen LogP contribution in [-0.2, 0) is 9.59 Å². The van der Waals surface area contributed by atoms with Gasteiger partial charge in [-0.2, -0.15) is 0 Å². The average Bonchev–Trinajstić information content (AvgIpc) is 2.61. The number of rotatable bonds is 5. The molecule has 0 aromatic rings. The van der Waals surface area contributed by atoms with E-state index >= 15 is 0 Å². The van der Waals surface area contributed by atoms with E-state index in [0.717, 1.165) is 18.9 Å². The number of carboxylic acids is 1.